The van der Waals surface area contributed by atoms with Gasteiger partial charge in [0.1, 0.15) is 5.82 Å². The lowest BCUT2D eigenvalue weighted by molar-refractivity contribution is 0.301. The predicted molar refractivity (Wildman–Crippen MR) is 82.4 cm³/mol. The van der Waals surface area contributed by atoms with Gasteiger partial charge < -0.3 is 0 Å². The summed E-state index contributed by atoms with van der Waals surface area (Å²) in [4.78, 5) is 4.98. The molecular formula is C15H18FNS2. The van der Waals surface area contributed by atoms with Crippen LogP contribution in [-0.4, -0.2) is 23.7 Å². The van der Waals surface area contributed by atoms with Gasteiger partial charge in [0, 0.05) is 28.6 Å². The average molecular weight is 295 g/mol. The lowest BCUT2D eigenvalue weighted by atomic mass is 10.4. The molecule has 2 aromatic rings. The van der Waals surface area contributed by atoms with Gasteiger partial charge in [0.05, 0.1) is 0 Å². The van der Waals surface area contributed by atoms with Crippen LogP contribution in [0, 0.1) is 5.82 Å². The van der Waals surface area contributed by atoms with Crippen molar-refractivity contribution in [3.63, 3.8) is 0 Å². The molecule has 0 aliphatic rings. The van der Waals surface area contributed by atoms with Gasteiger partial charge in [-0.2, -0.15) is 0 Å². The molecule has 0 radical (unpaired) electrons. The van der Waals surface area contributed by atoms with Gasteiger partial charge >= 0.3 is 0 Å². The fourth-order valence-electron chi connectivity index (χ4n) is 1.80. The van der Waals surface area contributed by atoms with Gasteiger partial charge in [0.25, 0.3) is 0 Å². The second-order valence-electron chi connectivity index (χ2n) is 4.25. The molecule has 0 fully saturated rings. The van der Waals surface area contributed by atoms with Gasteiger partial charge in [-0.3, -0.25) is 4.90 Å². The summed E-state index contributed by atoms with van der Waals surface area (Å²) in [6, 6.07) is 11.0. The second kappa shape index (κ2) is 7.68. The number of hydrogen-bond acceptors (Lipinski definition) is 3. The molecule has 2 rings (SSSR count). The van der Waals surface area contributed by atoms with E-state index in [-0.39, 0.29) is 5.82 Å². The minimum Gasteiger partial charge on any atom is -0.298 e. The van der Waals surface area contributed by atoms with Crippen molar-refractivity contribution in [2.75, 3.05) is 18.8 Å². The predicted octanol–water partition coefficient (Wildman–Crippen LogP) is 4.50. The van der Waals surface area contributed by atoms with Gasteiger partial charge in [-0.1, -0.05) is 13.0 Å². The quantitative estimate of drug-likeness (QED) is 0.692. The Morgan fingerprint density at radius 2 is 2.00 bits per heavy atom. The highest BCUT2D eigenvalue weighted by atomic mass is 32.2. The molecule has 0 unspecified atom stereocenters. The number of rotatable bonds is 7. The third-order valence-electron chi connectivity index (χ3n) is 2.90. The van der Waals surface area contributed by atoms with Crippen LogP contribution in [-0.2, 0) is 6.54 Å². The van der Waals surface area contributed by atoms with Crippen LogP contribution < -0.4 is 0 Å². The van der Waals surface area contributed by atoms with Crippen LogP contribution >= 0.6 is 23.1 Å². The fourth-order valence-corrected chi connectivity index (χ4v) is 3.46. The molecule has 0 atom stereocenters. The summed E-state index contributed by atoms with van der Waals surface area (Å²) in [6.07, 6.45) is 0. The maximum Gasteiger partial charge on any atom is 0.123 e. The van der Waals surface area contributed by atoms with Crippen molar-refractivity contribution in [2.45, 2.75) is 18.4 Å². The van der Waals surface area contributed by atoms with Crippen molar-refractivity contribution < 1.29 is 4.39 Å². The summed E-state index contributed by atoms with van der Waals surface area (Å²) in [7, 11) is 0. The number of nitrogens with zero attached hydrogens (tertiary/aromatic N) is 1. The topological polar surface area (TPSA) is 3.24 Å². The third kappa shape index (κ3) is 4.97. The van der Waals surface area contributed by atoms with Crippen LogP contribution in [0.1, 0.15) is 11.8 Å². The maximum absolute atomic E-state index is 12.8. The summed E-state index contributed by atoms with van der Waals surface area (Å²) in [6.45, 7) is 5.33. The highest BCUT2D eigenvalue weighted by Crippen LogP contribution is 2.19. The number of thioether (sulfide) groups is 1. The molecule has 1 heterocycles. The summed E-state index contributed by atoms with van der Waals surface area (Å²) in [5.74, 6) is 0.863. The Morgan fingerprint density at radius 1 is 1.21 bits per heavy atom. The van der Waals surface area contributed by atoms with E-state index in [1.54, 1.807) is 11.8 Å². The summed E-state index contributed by atoms with van der Waals surface area (Å²) in [5.41, 5.74) is 0. The maximum atomic E-state index is 12.8. The largest absolute Gasteiger partial charge is 0.298 e. The Morgan fingerprint density at radius 3 is 2.63 bits per heavy atom. The van der Waals surface area contributed by atoms with E-state index in [1.807, 2.05) is 23.5 Å². The summed E-state index contributed by atoms with van der Waals surface area (Å²) in [5, 5.41) is 2.12. The Balaban J connectivity index is 1.75. The van der Waals surface area contributed by atoms with E-state index in [0.29, 0.717) is 0 Å². The van der Waals surface area contributed by atoms with Gasteiger partial charge in [-0.15, -0.1) is 23.1 Å². The van der Waals surface area contributed by atoms with E-state index in [2.05, 4.69) is 29.3 Å². The van der Waals surface area contributed by atoms with E-state index in [9.17, 15) is 4.39 Å². The SMILES string of the molecule is CCN(CCSc1ccc(F)cc1)Cc1cccs1. The van der Waals surface area contributed by atoms with E-state index in [0.717, 1.165) is 30.3 Å². The highest BCUT2D eigenvalue weighted by molar-refractivity contribution is 7.99. The van der Waals surface area contributed by atoms with Crippen molar-refractivity contribution in [1.29, 1.82) is 0 Å². The van der Waals surface area contributed by atoms with Crippen molar-refractivity contribution in [3.05, 3.63) is 52.5 Å². The number of benzene rings is 1. The molecule has 1 nitrogen and oxygen atoms in total. The number of halogens is 1. The lowest BCUT2D eigenvalue weighted by Crippen LogP contribution is -2.24. The van der Waals surface area contributed by atoms with Crippen LogP contribution in [0.4, 0.5) is 4.39 Å². The lowest BCUT2D eigenvalue weighted by Gasteiger charge is -2.19. The summed E-state index contributed by atoms with van der Waals surface area (Å²) < 4.78 is 12.8. The van der Waals surface area contributed by atoms with E-state index >= 15 is 0 Å². The van der Waals surface area contributed by atoms with Crippen LogP contribution in [0.25, 0.3) is 0 Å². The molecule has 4 heteroatoms. The van der Waals surface area contributed by atoms with Crippen molar-refractivity contribution in [1.82, 2.24) is 4.90 Å². The van der Waals surface area contributed by atoms with Crippen LogP contribution in [0.15, 0.2) is 46.7 Å². The Labute approximate surface area is 122 Å². The average Bonchev–Trinajstić information content (AvgIpc) is 2.93. The molecule has 0 saturated carbocycles. The first-order chi connectivity index (χ1) is 9.28. The molecular weight excluding hydrogens is 277 g/mol. The van der Waals surface area contributed by atoms with Gasteiger partial charge in [0.15, 0.2) is 0 Å². The molecule has 0 amide bonds. The monoisotopic (exact) mass is 295 g/mol. The first-order valence-electron chi connectivity index (χ1n) is 6.41. The zero-order valence-corrected chi connectivity index (χ0v) is 12.6. The molecule has 1 aromatic carbocycles. The van der Waals surface area contributed by atoms with Crippen molar-refractivity contribution in [3.8, 4) is 0 Å². The standard InChI is InChI=1S/C15H18FNS2/c1-2-17(12-15-4-3-10-18-15)9-11-19-14-7-5-13(16)6-8-14/h3-8,10H,2,9,11-12H2,1H3. The van der Waals surface area contributed by atoms with Crippen LogP contribution in [0.2, 0.25) is 0 Å². The van der Waals surface area contributed by atoms with E-state index < -0.39 is 0 Å². The number of thiophene rings is 1. The normalized spacial score (nSPS) is 11.1. The minimum absolute atomic E-state index is 0.169. The highest BCUT2D eigenvalue weighted by Gasteiger charge is 2.04. The zero-order valence-electron chi connectivity index (χ0n) is 11.0. The fraction of sp³-hybridized carbons (Fsp3) is 0.333. The Kier molecular flexibility index (Phi) is 5.89. The second-order valence-corrected chi connectivity index (χ2v) is 6.45. The minimum atomic E-state index is -0.169. The first-order valence-corrected chi connectivity index (χ1v) is 8.27. The molecule has 19 heavy (non-hydrogen) atoms. The van der Waals surface area contributed by atoms with Crippen LogP contribution in [0.5, 0.6) is 0 Å². The molecule has 0 aliphatic heterocycles. The molecule has 0 N–H and O–H groups in total. The van der Waals surface area contributed by atoms with E-state index in [1.165, 1.54) is 17.0 Å². The summed E-state index contributed by atoms with van der Waals surface area (Å²) >= 11 is 3.59. The Hall–Kier alpha value is -0.840. The van der Waals surface area contributed by atoms with Gasteiger partial charge in [-0.25, -0.2) is 4.39 Å². The van der Waals surface area contributed by atoms with Gasteiger partial charge in [-0.05, 0) is 42.3 Å². The van der Waals surface area contributed by atoms with Crippen molar-refractivity contribution >= 4 is 23.1 Å². The number of hydrogen-bond donors (Lipinski definition) is 0. The molecule has 0 saturated heterocycles. The van der Waals surface area contributed by atoms with Crippen LogP contribution in [0.3, 0.4) is 0 Å². The molecule has 0 aliphatic carbocycles. The zero-order chi connectivity index (χ0) is 13.5. The van der Waals surface area contributed by atoms with Crippen molar-refractivity contribution in [2.24, 2.45) is 0 Å². The van der Waals surface area contributed by atoms with E-state index in [4.69, 9.17) is 0 Å². The Bertz CT molecular complexity index is 467. The molecule has 1 aromatic heterocycles. The smallest absolute Gasteiger partial charge is 0.123 e. The third-order valence-corrected chi connectivity index (χ3v) is 4.75. The van der Waals surface area contributed by atoms with Gasteiger partial charge in [0.2, 0.25) is 0 Å². The first kappa shape index (κ1) is 14.6. The molecule has 102 valence electrons. The molecule has 0 spiro atoms. The molecule has 0 bridgehead atoms.